The number of hydrogen-bond acceptors (Lipinski definition) is 2. The highest BCUT2D eigenvalue weighted by Gasteiger charge is 2.52. The van der Waals surface area contributed by atoms with Crippen LogP contribution in [-0.4, -0.2) is 0 Å². The second kappa shape index (κ2) is 14.3. The summed E-state index contributed by atoms with van der Waals surface area (Å²) in [5.74, 6) is 0. The summed E-state index contributed by atoms with van der Waals surface area (Å²) in [7, 11) is 0. The Morgan fingerprint density at radius 3 is 1.49 bits per heavy atom. The van der Waals surface area contributed by atoms with Crippen molar-refractivity contribution in [2.45, 2.75) is 24.7 Å². The molecule has 0 aliphatic heterocycles. The smallest absolute Gasteiger partial charge is 0.135 e. The van der Waals surface area contributed by atoms with Crippen LogP contribution in [0.25, 0.3) is 98.8 Å². The molecule has 16 rings (SSSR count). The summed E-state index contributed by atoms with van der Waals surface area (Å²) in [6, 6.07) is 89.0. The third-order valence-corrected chi connectivity index (χ3v) is 16.9. The number of benzene rings is 12. The number of nitrogens with zero attached hydrogens (tertiary/aromatic N) is 1. The maximum atomic E-state index is 6.51. The SMILES string of the molecule is CC1(C)c2ccccc2-c2c(N(c3ccc4c5ccccc5c5ccccc5c4c3)c3cc4c(cc3-c3ccc5oc6ccccc6c5c3)-c3ccccc3C43c4ccccc4-c4ccccc43)cccc21. The van der Waals surface area contributed by atoms with E-state index in [1.165, 1.54) is 99.1 Å². The first-order valence-corrected chi connectivity index (χ1v) is 25.2. The van der Waals surface area contributed by atoms with Gasteiger partial charge in [0.1, 0.15) is 11.2 Å². The lowest BCUT2D eigenvalue weighted by Crippen LogP contribution is -2.26. The van der Waals surface area contributed by atoms with E-state index in [4.69, 9.17) is 4.42 Å². The van der Waals surface area contributed by atoms with Crippen molar-refractivity contribution in [1.29, 1.82) is 0 Å². The highest BCUT2D eigenvalue weighted by Crippen LogP contribution is 2.65. The Balaban J connectivity index is 1.08. The van der Waals surface area contributed by atoms with E-state index in [0.29, 0.717) is 0 Å². The van der Waals surface area contributed by atoms with Crippen LogP contribution in [0.1, 0.15) is 47.2 Å². The lowest BCUT2D eigenvalue weighted by molar-refractivity contribution is 0.660. The van der Waals surface area contributed by atoms with Crippen molar-refractivity contribution in [2.75, 3.05) is 4.90 Å². The minimum absolute atomic E-state index is 0.205. The summed E-state index contributed by atoms with van der Waals surface area (Å²) in [5.41, 5.74) is 22.3. The molecule has 0 atom stereocenters. The van der Waals surface area contributed by atoms with Gasteiger partial charge in [-0.25, -0.2) is 0 Å². The normalized spacial score (nSPS) is 14.2. The van der Waals surface area contributed by atoms with E-state index in [1.807, 2.05) is 0 Å². The van der Waals surface area contributed by atoms with Gasteiger partial charge < -0.3 is 9.32 Å². The predicted molar refractivity (Wildman–Crippen MR) is 300 cm³/mol. The number of hydrogen-bond donors (Lipinski definition) is 0. The lowest BCUT2D eigenvalue weighted by Gasteiger charge is -2.34. The molecule has 0 radical (unpaired) electrons. The molecule has 3 aliphatic rings. The highest BCUT2D eigenvalue weighted by atomic mass is 16.3. The fourth-order valence-electron chi connectivity index (χ4n) is 13.8. The van der Waals surface area contributed by atoms with Crippen molar-refractivity contribution in [3.63, 3.8) is 0 Å². The average molecular weight is 916 g/mol. The summed E-state index contributed by atoms with van der Waals surface area (Å²) < 4.78 is 6.51. The van der Waals surface area contributed by atoms with Gasteiger partial charge in [0.25, 0.3) is 0 Å². The van der Waals surface area contributed by atoms with Gasteiger partial charge in [0.05, 0.1) is 16.8 Å². The van der Waals surface area contributed by atoms with Crippen molar-refractivity contribution in [3.8, 4) is 44.5 Å². The Labute approximate surface area is 417 Å². The molecule has 1 aromatic heterocycles. The van der Waals surface area contributed by atoms with Crippen LogP contribution in [0.2, 0.25) is 0 Å². The van der Waals surface area contributed by atoms with Crippen LogP contribution in [0.5, 0.6) is 0 Å². The summed E-state index contributed by atoms with van der Waals surface area (Å²) in [5, 5.41) is 9.75. The molecule has 1 heterocycles. The molecule has 0 N–H and O–H groups in total. The molecule has 0 saturated carbocycles. The largest absolute Gasteiger partial charge is 0.456 e. The van der Waals surface area contributed by atoms with Gasteiger partial charge in [-0.15, -0.1) is 0 Å². The van der Waals surface area contributed by atoms with Gasteiger partial charge in [-0.05, 0) is 148 Å². The van der Waals surface area contributed by atoms with Crippen molar-refractivity contribution in [1.82, 2.24) is 0 Å². The van der Waals surface area contributed by atoms with Crippen LogP contribution < -0.4 is 4.90 Å². The van der Waals surface area contributed by atoms with E-state index in [-0.39, 0.29) is 5.41 Å². The molecule has 336 valence electrons. The van der Waals surface area contributed by atoms with Gasteiger partial charge in [-0.3, -0.25) is 0 Å². The maximum absolute atomic E-state index is 6.51. The summed E-state index contributed by atoms with van der Waals surface area (Å²) in [6.45, 7) is 4.78. The Hall–Kier alpha value is -8.98. The van der Waals surface area contributed by atoms with Crippen LogP contribution >= 0.6 is 0 Å². The second-order valence-electron chi connectivity index (χ2n) is 20.6. The Morgan fingerprint density at radius 1 is 0.306 bits per heavy atom. The molecule has 0 unspecified atom stereocenters. The first-order valence-electron chi connectivity index (χ1n) is 25.2. The molecule has 72 heavy (non-hydrogen) atoms. The third kappa shape index (κ3) is 5.08. The molecular weight excluding hydrogens is 871 g/mol. The molecule has 1 spiro atoms. The minimum Gasteiger partial charge on any atom is -0.456 e. The zero-order chi connectivity index (χ0) is 47.5. The quantitative estimate of drug-likeness (QED) is 0.164. The number of anilines is 3. The van der Waals surface area contributed by atoms with Crippen LogP contribution in [0.3, 0.4) is 0 Å². The molecular formula is C70H45NO. The van der Waals surface area contributed by atoms with Crippen molar-refractivity contribution >= 4 is 71.3 Å². The number of furan rings is 1. The second-order valence-corrected chi connectivity index (χ2v) is 20.6. The molecule has 12 aromatic carbocycles. The number of rotatable bonds is 4. The maximum Gasteiger partial charge on any atom is 0.135 e. The molecule has 3 aliphatic carbocycles. The zero-order valence-electron chi connectivity index (χ0n) is 39.9. The molecule has 2 nitrogen and oxygen atoms in total. The van der Waals surface area contributed by atoms with Crippen LogP contribution in [0.15, 0.2) is 241 Å². The summed E-state index contributed by atoms with van der Waals surface area (Å²) in [4.78, 5) is 2.62. The standard InChI is InChI=1S/C70H45NO/c1-69(2)58-27-12-10-26-53(58)68-62(69)31-17-32-64(68)71(43-35-36-48-46-20-4-3-18-44(46)45-19-5-6-21-47(45)55(48)39-43)65-41-63-56(40-54(65)42-34-37-67-57(38-42)52-25-11-16-33-66(52)72-67)51-24-9-15-30-61(51)70(63)59-28-13-7-22-49(59)50-23-8-14-29-60(50)70/h3-41H,1-2H3. The molecule has 2 heteroatoms. The van der Waals surface area contributed by atoms with E-state index < -0.39 is 5.41 Å². The van der Waals surface area contributed by atoms with Crippen molar-refractivity contribution < 1.29 is 4.42 Å². The molecule has 0 bridgehead atoms. The number of fused-ring (bicyclic) bond motifs is 22. The van der Waals surface area contributed by atoms with Gasteiger partial charge in [0.15, 0.2) is 0 Å². The predicted octanol–water partition coefficient (Wildman–Crippen LogP) is 18.8. The van der Waals surface area contributed by atoms with E-state index in [1.54, 1.807) is 0 Å². The first-order chi connectivity index (χ1) is 35.5. The Kier molecular flexibility index (Phi) is 7.92. The van der Waals surface area contributed by atoms with E-state index in [9.17, 15) is 0 Å². The third-order valence-electron chi connectivity index (χ3n) is 16.9. The molecule has 13 aromatic rings. The van der Waals surface area contributed by atoms with Gasteiger partial charge in [-0.2, -0.15) is 0 Å². The summed E-state index contributed by atoms with van der Waals surface area (Å²) >= 11 is 0. The molecule has 0 fully saturated rings. The van der Waals surface area contributed by atoms with Crippen molar-refractivity contribution in [3.05, 3.63) is 270 Å². The van der Waals surface area contributed by atoms with E-state index >= 15 is 0 Å². The van der Waals surface area contributed by atoms with E-state index in [2.05, 4.69) is 255 Å². The van der Waals surface area contributed by atoms with Gasteiger partial charge >= 0.3 is 0 Å². The van der Waals surface area contributed by atoms with Crippen molar-refractivity contribution in [2.24, 2.45) is 0 Å². The minimum atomic E-state index is -0.547. The van der Waals surface area contributed by atoms with E-state index in [0.717, 1.165) is 50.1 Å². The first kappa shape index (κ1) is 39.8. The fraction of sp³-hybridized carbons (Fsp3) is 0.0571. The summed E-state index contributed by atoms with van der Waals surface area (Å²) in [6.07, 6.45) is 0. The average Bonchev–Trinajstić information content (AvgIpc) is 4.13. The van der Waals surface area contributed by atoms with Gasteiger partial charge in [-0.1, -0.05) is 202 Å². The molecule has 0 amide bonds. The zero-order valence-corrected chi connectivity index (χ0v) is 39.9. The van der Waals surface area contributed by atoms with Gasteiger partial charge in [0.2, 0.25) is 0 Å². The van der Waals surface area contributed by atoms with Crippen LogP contribution in [0, 0.1) is 0 Å². The lowest BCUT2D eigenvalue weighted by atomic mass is 9.70. The number of para-hydroxylation sites is 1. The van der Waals surface area contributed by atoms with Crippen LogP contribution in [-0.2, 0) is 10.8 Å². The Bertz CT molecular complexity index is 4430. The topological polar surface area (TPSA) is 16.4 Å². The highest BCUT2D eigenvalue weighted by molar-refractivity contribution is 6.26. The Morgan fingerprint density at radius 2 is 0.819 bits per heavy atom. The van der Waals surface area contributed by atoms with Crippen LogP contribution in [0.4, 0.5) is 17.1 Å². The van der Waals surface area contributed by atoms with Gasteiger partial charge in [0, 0.05) is 33.0 Å². The fourth-order valence-corrected chi connectivity index (χ4v) is 13.8. The monoisotopic (exact) mass is 915 g/mol. The molecule has 0 saturated heterocycles.